The largest absolute Gasteiger partial charge is 0.388 e. The molecule has 1 aromatic heterocycles. The van der Waals surface area contributed by atoms with Crippen molar-refractivity contribution in [1.29, 1.82) is 0 Å². The zero-order valence-corrected chi connectivity index (χ0v) is 18.2. The van der Waals surface area contributed by atoms with Gasteiger partial charge in [-0.1, -0.05) is 35.5 Å². The average molecular weight is 427 g/mol. The van der Waals surface area contributed by atoms with E-state index in [0.717, 1.165) is 45.1 Å². The van der Waals surface area contributed by atoms with E-state index in [0.29, 0.717) is 31.6 Å². The van der Waals surface area contributed by atoms with Gasteiger partial charge in [-0.05, 0) is 69.8 Å². The van der Waals surface area contributed by atoms with Crippen LogP contribution in [0.15, 0.2) is 36.5 Å². The van der Waals surface area contributed by atoms with Gasteiger partial charge in [0.2, 0.25) is 0 Å². The maximum absolute atomic E-state index is 12.4. The molecule has 0 bridgehead atoms. The van der Waals surface area contributed by atoms with Crippen LogP contribution < -0.4 is 10.6 Å². The highest BCUT2D eigenvalue weighted by atomic mass is 16.3. The molecule has 0 saturated carbocycles. The Kier molecular flexibility index (Phi) is 7.32. The lowest BCUT2D eigenvalue weighted by atomic mass is 9.90. The Labute approximate surface area is 184 Å². The molecule has 2 aliphatic heterocycles. The van der Waals surface area contributed by atoms with Gasteiger partial charge in [-0.3, -0.25) is 4.79 Å². The Balaban J connectivity index is 1.15. The molecule has 0 aliphatic carbocycles. The summed E-state index contributed by atoms with van der Waals surface area (Å²) in [4.78, 5) is 14.8. The predicted octanol–water partition coefficient (Wildman–Crippen LogP) is 1.08. The smallest absolute Gasteiger partial charge is 0.273 e. The summed E-state index contributed by atoms with van der Waals surface area (Å²) in [6, 6.07) is 10.7. The Hall–Kier alpha value is -2.29. The van der Waals surface area contributed by atoms with E-state index in [2.05, 4.69) is 56.2 Å². The molecule has 2 fully saturated rings. The topological polar surface area (TPSA) is 95.3 Å². The number of aliphatic hydroxyl groups is 1. The van der Waals surface area contributed by atoms with Crippen LogP contribution in [0.3, 0.4) is 0 Å². The quantitative estimate of drug-likeness (QED) is 0.585. The summed E-state index contributed by atoms with van der Waals surface area (Å²) in [6.45, 7) is 5.57. The molecule has 31 heavy (non-hydrogen) atoms. The van der Waals surface area contributed by atoms with Crippen LogP contribution in [0.4, 0.5) is 0 Å². The highest BCUT2D eigenvalue weighted by molar-refractivity contribution is 5.91. The van der Waals surface area contributed by atoms with E-state index in [1.165, 1.54) is 18.4 Å². The summed E-state index contributed by atoms with van der Waals surface area (Å²) < 4.78 is 1.58. The molecule has 8 nitrogen and oxygen atoms in total. The van der Waals surface area contributed by atoms with Gasteiger partial charge in [-0.25, -0.2) is 4.68 Å². The van der Waals surface area contributed by atoms with E-state index in [1.807, 2.05) is 0 Å². The van der Waals surface area contributed by atoms with Gasteiger partial charge in [0.1, 0.15) is 0 Å². The first-order valence-electron chi connectivity index (χ1n) is 11.5. The molecular formula is C23H34N6O2. The Bertz CT molecular complexity index is 826. The first-order valence-corrected chi connectivity index (χ1v) is 11.5. The number of aromatic nitrogens is 3. The third kappa shape index (κ3) is 6.35. The fraction of sp³-hybridized carbons (Fsp3) is 0.609. The average Bonchev–Trinajstić information content (AvgIpc) is 3.24. The Morgan fingerprint density at radius 2 is 1.94 bits per heavy atom. The minimum Gasteiger partial charge on any atom is -0.388 e. The van der Waals surface area contributed by atoms with Crippen molar-refractivity contribution in [1.82, 2.24) is 30.5 Å². The minimum atomic E-state index is -0.778. The van der Waals surface area contributed by atoms with Crippen LogP contribution in [0, 0.1) is 5.92 Å². The number of carbonyl (C=O) groups is 1. The number of rotatable bonds is 8. The summed E-state index contributed by atoms with van der Waals surface area (Å²) >= 11 is 0. The highest BCUT2D eigenvalue weighted by Gasteiger charge is 2.30. The monoisotopic (exact) mass is 426 g/mol. The van der Waals surface area contributed by atoms with Crippen molar-refractivity contribution in [2.24, 2.45) is 5.92 Å². The first kappa shape index (κ1) is 21.9. The summed E-state index contributed by atoms with van der Waals surface area (Å²) in [5.41, 5.74) is 0.951. The number of hydrogen-bond acceptors (Lipinski definition) is 6. The second-order valence-electron chi connectivity index (χ2n) is 9.01. The van der Waals surface area contributed by atoms with Crippen LogP contribution in [0.25, 0.3) is 0 Å². The number of carbonyl (C=O) groups excluding carboxylic acids is 1. The maximum Gasteiger partial charge on any atom is 0.273 e. The lowest BCUT2D eigenvalue weighted by Crippen LogP contribution is -2.44. The van der Waals surface area contributed by atoms with Gasteiger partial charge in [-0.15, -0.1) is 5.10 Å². The number of nitrogens with one attached hydrogen (secondary N) is 2. The van der Waals surface area contributed by atoms with Crippen molar-refractivity contribution in [3.05, 3.63) is 47.8 Å². The third-order valence-corrected chi connectivity index (χ3v) is 6.55. The van der Waals surface area contributed by atoms with Crippen LogP contribution in [-0.2, 0) is 13.0 Å². The van der Waals surface area contributed by atoms with Crippen LogP contribution in [0.2, 0.25) is 0 Å². The fourth-order valence-electron chi connectivity index (χ4n) is 4.61. The van der Waals surface area contributed by atoms with E-state index >= 15 is 0 Å². The number of piperidine rings is 2. The number of amides is 1. The maximum atomic E-state index is 12.4. The standard InChI is InChI=1S/C23H34N6O2/c30-22(21-17-29(27-26-21)18-23(31)8-10-24-11-9-23)25-12-15-28-13-6-20(7-14-28)16-19-4-2-1-3-5-19/h1-5,17,20,24,31H,6-16,18H2,(H,25,30). The Morgan fingerprint density at radius 3 is 2.68 bits per heavy atom. The zero-order chi connectivity index (χ0) is 21.5. The van der Waals surface area contributed by atoms with E-state index < -0.39 is 5.60 Å². The van der Waals surface area contributed by atoms with Gasteiger partial charge in [0.05, 0.1) is 18.3 Å². The van der Waals surface area contributed by atoms with Crippen LogP contribution >= 0.6 is 0 Å². The highest BCUT2D eigenvalue weighted by Crippen LogP contribution is 2.21. The van der Waals surface area contributed by atoms with Crippen LogP contribution in [-0.4, -0.2) is 75.8 Å². The van der Waals surface area contributed by atoms with Gasteiger partial charge in [0, 0.05) is 13.1 Å². The third-order valence-electron chi connectivity index (χ3n) is 6.55. The predicted molar refractivity (Wildman–Crippen MR) is 119 cm³/mol. The van der Waals surface area contributed by atoms with Crippen molar-refractivity contribution in [2.45, 2.75) is 44.2 Å². The number of nitrogens with zero attached hydrogens (tertiary/aromatic N) is 4. The molecule has 3 N–H and O–H groups in total. The zero-order valence-electron chi connectivity index (χ0n) is 18.2. The van der Waals surface area contributed by atoms with Gasteiger partial charge in [-0.2, -0.15) is 0 Å². The van der Waals surface area contributed by atoms with Crippen molar-refractivity contribution in [3.8, 4) is 0 Å². The number of hydrogen-bond donors (Lipinski definition) is 3. The van der Waals surface area contributed by atoms with Crippen molar-refractivity contribution in [3.63, 3.8) is 0 Å². The van der Waals surface area contributed by atoms with Crippen LogP contribution in [0.5, 0.6) is 0 Å². The molecule has 0 spiro atoms. The molecule has 1 aromatic carbocycles. The molecule has 2 aromatic rings. The van der Waals surface area contributed by atoms with E-state index in [1.54, 1.807) is 10.9 Å². The SMILES string of the molecule is O=C(NCCN1CCC(Cc2ccccc2)CC1)c1cn(CC2(O)CCNCC2)nn1. The lowest BCUT2D eigenvalue weighted by Gasteiger charge is -2.32. The summed E-state index contributed by atoms with van der Waals surface area (Å²) in [7, 11) is 0. The Morgan fingerprint density at radius 1 is 1.19 bits per heavy atom. The normalized spacial score (nSPS) is 19.9. The molecule has 4 rings (SSSR count). The summed E-state index contributed by atoms with van der Waals surface area (Å²) in [5, 5.41) is 24.8. The molecule has 8 heteroatoms. The first-order chi connectivity index (χ1) is 15.1. The van der Waals surface area contributed by atoms with Gasteiger partial charge < -0.3 is 20.6 Å². The molecular weight excluding hydrogens is 392 g/mol. The second kappa shape index (κ2) is 10.3. The molecule has 0 atom stereocenters. The lowest BCUT2D eigenvalue weighted by molar-refractivity contribution is -0.00866. The molecule has 168 valence electrons. The number of benzene rings is 1. The summed E-state index contributed by atoms with van der Waals surface area (Å²) in [6.07, 6.45) is 6.55. The van der Waals surface area contributed by atoms with Gasteiger partial charge in [0.25, 0.3) is 5.91 Å². The van der Waals surface area contributed by atoms with Crippen molar-refractivity contribution < 1.29 is 9.90 Å². The van der Waals surface area contributed by atoms with Gasteiger partial charge in [0.15, 0.2) is 5.69 Å². The van der Waals surface area contributed by atoms with E-state index in [4.69, 9.17) is 0 Å². The minimum absolute atomic E-state index is 0.206. The van der Waals surface area contributed by atoms with Crippen molar-refractivity contribution >= 4 is 5.91 Å². The molecule has 2 aliphatic rings. The molecule has 0 unspecified atom stereocenters. The van der Waals surface area contributed by atoms with Gasteiger partial charge >= 0.3 is 0 Å². The molecule has 2 saturated heterocycles. The summed E-state index contributed by atoms with van der Waals surface area (Å²) in [5.74, 6) is 0.542. The van der Waals surface area contributed by atoms with E-state index in [-0.39, 0.29) is 5.91 Å². The fourth-order valence-corrected chi connectivity index (χ4v) is 4.61. The van der Waals surface area contributed by atoms with Crippen molar-refractivity contribution in [2.75, 3.05) is 39.3 Å². The molecule has 3 heterocycles. The number of likely N-dealkylation sites (tertiary alicyclic amines) is 1. The van der Waals surface area contributed by atoms with Crippen LogP contribution in [0.1, 0.15) is 41.7 Å². The molecule has 1 amide bonds. The second-order valence-corrected chi connectivity index (χ2v) is 9.01. The van der Waals surface area contributed by atoms with E-state index in [9.17, 15) is 9.90 Å². The molecule has 0 radical (unpaired) electrons.